The molecule has 31 nitrogen and oxygen atoms in total. The van der Waals surface area contributed by atoms with Crippen LogP contribution in [-0.4, -0.2) is 197 Å². The quantitative estimate of drug-likeness (QED) is 0.0422. The van der Waals surface area contributed by atoms with E-state index >= 15 is 0 Å². The van der Waals surface area contributed by atoms with E-state index in [4.69, 9.17) is 56.8 Å². The molecule has 0 aromatic rings. The molecule has 0 fully saturated rings. The van der Waals surface area contributed by atoms with E-state index in [0.29, 0.717) is 0 Å². The molecule has 0 radical (unpaired) electrons. The smallest absolute Gasteiger partial charge is 0.303 e. The van der Waals surface area contributed by atoms with Crippen LogP contribution in [0.2, 0.25) is 0 Å². The maximum atomic E-state index is 14.7. The number of carbonyl (C=O) groups is 15. The zero-order chi connectivity index (χ0) is 63.4. The van der Waals surface area contributed by atoms with E-state index in [0.717, 1.165) is 83.1 Å². The van der Waals surface area contributed by atoms with Gasteiger partial charge < -0.3 is 78.1 Å². The summed E-state index contributed by atoms with van der Waals surface area (Å²) in [4.78, 5) is 193. The summed E-state index contributed by atoms with van der Waals surface area (Å²) in [6.07, 6.45) is -18.8. The van der Waals surface area contributed by atoms with Gasteiger partial charge >= 0.3 is 71.6 Å². The lowest BCUT2D eigenvalue weighted by atomic mass is 9.85. The second kappa shape index (κ2) is 36.4. The minimum atomic E-state index is -2.35. The molecule has 0 rings (SSSR count). The van der Waals surface area contributed by atoms with Crippen molar-refractivity contribution in [3.8, 4) is 0 Å². The number of nitrogens with one attached hydrogen (secondary N) is 4. The second-order valence-corrected chi connectivity index (χ2v) is 18.7. The molecule has 0 aliphatic carbocycles. The Kier molecular flexibility index (Phi) is 32.8. The van der Waals surface area contributed by atoms with Crippen molar-refractivity contribution in [2.45, 2.75) is 171 Å². The maximum Gasteiger partial charge on any atom is 0.303 e. The predicted octanol–water partition coefficient (Wildman–Crippen LogP) is -1.33. The molecular weight excluding hydrogens is 1100 g/mol. The minimum absolute atomic E-state index is 0.120. The van der Waals surface area contributed by atoms with Crippen LogP contribution in [0.15, 0.2) is 0 Å². The van der Waals surface area contributed by atoms with Gasteiger partial charge in [0.2, 0.25) is 18.1 Å². The van der Waals surface area contributed by atoms with Crippen molar-refractivity contribution in [1.82, 2.24) is 21.3 Å². The van der Waals surface area contributed by atoms with E-state index in [9.17, 15) is 71.9 Å². The number of hydrogen-bond donors (Lipinski definition) is 4. The first-order valence-corrected chi connectivity index (χ1v) is 25.5. The Bertz CT molecular complexity index is 2290. The van der Waals surface area contributed by atoms with Gasteiger partial charge in [0.25, 0.3) is 11.8 Å². The fourth-order valence-corrected chi connectivity index (χ4v) is 8.04. The van der Waals surface area contributed by atoms with E-state index in [1.807, 2.05) is 0 Å². The van der Waals surface area contributed by atoms with Gasteiger partial charge in [0, 0.05) is 121 Å². The molecule has 0 heterocycles. The summed E-state index contributed by atoms with van der Waals surface area (Å²) in [6.45, 7) is 11.8. The van der Waals surface area contributed by atoms with Crippen LogP contribution in [0.4, 0.5) is 0 Å². The first kappa shape index (κ1) is 74.0. The van der Waals surface area contributed by atoms with E-state index in [-0.39, 0.29) is 13.0 Å². The molecule has 0 saturated carbocycles. The van der Waals surface area contributed by atoms with Gasteiger partial charge in [-0.05, 0) is 13.5 Å². The highest BCUT2D eigenvalue weighted by atomic mass is 16.7. The zero-order valence-corrected chi connectivity index (χ0v) is 48.9. The van der Waals surface area contributed by atoms with Crippen LogP contribution in [-0.2, 0) is 129 Å². The van der Waals surface area contributed by atoms with E-state index in [1.165, 1.54) is 27.8 Å². The number of carbonyl (C=O) groups excluding carboxylic acids is 15. The lowest BCUT2D eigenvalue weighted by molar-refractivity contribution is -0.203. The van der Waals surface area contributed by atoms with Gasteiger partial charge in [0.1, 0.15) is 31.5 Å². The first-order chi connectivity index (χ1) is 38.0. The first-order valence-electron chi connectivity index (χ1n) is 25.5. The molecule has 0 spiro atoms. The van der Waals surface area contributed by atoms with Crippen molar-refractivity contribution < 1.29 is 129 Å². The topological polar surface area (TPSA) is 415 Å². The molecule has 0 aromatic heterocycles. The standard InChI is InChI=1S/C51H78N4O27/c1-17-38(73-28(6)58)42(77-32(10)62)44(79-34(12)64)46(81-36(14)66)49(69)54-22-51(20-52-16,21-53-48(68)25(3)41(76-31(9)61)24(2)39(74-29(7)59)18-71-26(4)56)23-55-50(70)47(82-37(15)67)45(80-35(13)65)43(78-33(11)63)40(75-30(8)60)19-72-27(5)57/h24-25,38-47,52H,17-23H2,1-16H3,(H,53,68)(H,54,69)(H,55,70). The highest BCUT2D eigenvalue weighted by Gasteiger charge is 2.49. The van der Waals surface area contributed by atoms with Gasteiger partial charge in [-0.3, -0.25) is 71.9 Å². The molecule has 82 heavy (non-hydrogen) atoms. The van der Waals surface area contributed by atoms with Crippen molar-refractivity contribution in [2.24, 2.45) is 17.3 Å². The summed E-state index contributed by atoms with van der Waals surface area (Å²) in [5.74, 6) is -18.1. The molecule has 0 aliphatic heterocycles. The van der Waals surface area contributed by atoms with Crippen LogP contribution in [0.3, 0.4) is 0 Å². The number of esters is 12. The summed E-state index contributed by atoms with van der Waals surface area (Å²) >= 11 is 0. The largest absolute Gasteiger partial charge is 0.462 e. The van der Waals surface area contributed by atoms with Gasteiger partial charge in [-0.25, -0.2) is 0 Å². The Hall–Kier alpha value is -7.99. The highest BCUT2D eigenvalue weighted by molar-refractivity contribution is 5.86. The van der Waals surface area contributed by atoms with Crippen molar-refractivity contribution in [3.63, 3.8) is 0 Å². The Balaban J connectivity index is 8.31. The van der Waals surface area contributed by atoms with Crippen molar-refractivity contribution in [2.75, 3.05) is 46.4 Å². The molecule has 0 saturated heterocycles. The SMILES string of the molecule is CCC(OC(C)=O)C(OC(C)=O)C(OC(C)=O)C(OC(C)=O)C(=O)NCC(CNC)(CNC(=O)C(C)C(OC(C)=O)C(C)C(COC(C)=O)OC(C)=O)CNC(=O)C(OC(C)=O)C(OC(C)=O)C(OC(C)=O)C(COC(C)=O)OC(C)=O. The normalized spacial score (nSPS) is 16.0. The fourth-order valence-electron chi connectivity index (χ4n) is 8.04. The minimum Gasteiger partial charge on any atom is -0.462 e. The molecule has 0 aromatic carbocycles. The average molecular weight is 1180 g/mol. The Morgan fingerprint density at radius 2 is 0.634 bits per heavy atom. The van der Waals surface area contributed by atoms with Crippen LogP contribution in [0.25, 0.3) is 0 Å². The summed E-state index contributed by atoms with van der Waals surface area (Å²) in [6, 6.07) is 0. The molecule has 0 bridgehead atoms. The molecule has 31 heteroatoms. The monoisotopic (exact) mass is 1180 g/mol. The van der Waals surface area contributed by atoms with Crippen LogP contribution < -0.4 is 21.3 Å². The van der Waals surface area contributed by atoms with Crippen molar-refractivity contribution >= 4 is 89.4 Å². The van der Waals surface area contributed by atoms with E-state index in [1.54, 1.807) is 0 Å². The third-order valence-corrected chi connectivity index (χ3v) is 11.3. The number of rotatable bonds is 35. The maximum absolute atomic E-state index is 14.7. The summed E-state index contributed by atoms with van der Waals surface area (Å²) in [5.41, 5.74) is -1.80. The molecule has 464 valence electrons. The van der Waals surface area contributed by atoms with Gasteiger partial charge in [0.15, 0.2) is 30.5 Å². The molecule has 3 amide bonds. The molecule has 0 aliphatic rings. The zero-order valence-electron chi connectivity index (χ0n) is 48.9. The number of amides is 3. The number of hydrogen-bond acceptors (Lipinski definition) is 28. The average Bonchev–Trinajstić information content (AvgIpc) is 3.39. The van der Waals surface area contributed by atoms with Gasteiger partial charge in [-0.1, -0.05) is 20.8 Å². The Morgan fingerprint density at radius 3 is 0.963 bits per heavy atom. The summed E-state index contributed by atoms with van der Waals surface area (Å²) in [5, 5.41) is 10.5. The third-order valence-electron chi connectivity index (χ3n) is 11.3. The van der Waals surface area contributed by atoms with Crippen LogP contribution >= 0.6 is 0 Å². The van der Waals surface area contributed by atoms with Gasteiger partial charge in [-0.2, -0.15) is 0 Å². The second-order valence-electron chi connectivity index (χ2n) is 18.7. The third kappa shape index (κ3) is 27.9. The molecule has 13 atom stereocenters. The summed E-state index contributed by atoms with van der Waals surface area (Å²) < 4.78 is 64.1. The van der Waals surface area contributed by atoms with Crippen LogP contribution in [0.5, 0.6) is 0 Å². The number of ether oxygens (including phenoxy) is 12. The Labute approximate surface area is 473 Å². The van der Waals surface area contributed by atoms with Crippen molar-refractivity contribution in [3.05, 3.63) is 0 Å². The molecular formula is C51H78N4O27. The lowest BCUT2D eigenvalue weighted by Crippen LogP contribution is -2.61. The van der Waals surface area contributed by atoms with Crippen LogP contribution in [0.1, 0.15) is 110 Å². The highest BCUT2D eigenvalue weighted by Crippen LogP contribution is 2.27. The predicted molar refractivity (Wildman–Crippen MR) is 273 cm³/mol. The Morgan fingerprint density at radius 1 is 0.341 bits per heavy atom. The van der Waals surface area contributed by atoms with E-state index < -0.39 is 200 Å². The van der Waals surface area contributed by atoms with Gasteiger partial charge in [-0.15, -0.1) is 0 Å². The lowest BCUT2D eigenvalue weighted by Gasteiger charge is -2.38. The summed E-state index contributed by atoms with van der Waals surface area (Å²) in [7, 11) is 1.39. The van der Waals surface area contributed by atoms with Crippen LogP contribution in [0, 0.1) is 17.3 Å². The van der Waals surface area contributed by atoms with Crippen molar-refractivity contribution in [1.29, 1.82) is 0 Å². The van der Waals surface area contributed by atoms with Gasteiger partial charge in [0.05, 0.1) is 5.92 Å². The molecule has 4 N–H and O–H groups in total. The van der Waals surface area contributed by atoms with E-state index in [2.05, 4.69) is 21.3 Å². The fraction of sp³-hybridized carbons (Fsp3) is 0.706. The molecule has 13 unspecified atom stereocenters.